The van der Waals surface area contributed by atoms with Gasteiger partial charge in [-0.2, -0.15) is 0 Å². The average Bonchev–Trinajstić information content (AvgIpc) is 3.40. The van der Waals surface area contributed by atoms with Crippen molar-refractivity contribution in [1.29, 1.82) is 0 Å². The minimum atomic E-state index is -0.996. The Hall–Kier alpha value is -3.39. The van der Waals surface area contributed by atoms with Crippen LogP contribution in [0.3, 0.4) is 0 Å². The zero-order chi connectivity index (χ0) is 24.1. The van der Waals surface area contributed by atoms with Crippen molar-refractivity contribution in [2.45, 2.75) is 44.2 Å². The van der Waals surface area contributed by atoms with Crippen molar-refractivity contribution >= 4 is 18.0 Å². The van der Waals surface area contributed by atoms with Gasteiger partial charge in [-0.3, -0.25) is 9.59 Å². The number of hydrogen-bond acceptors (Lipinski definition) is 5. The summed E-state index contributed by atoms with van der Waals surface area (Å²) in [5.74, 6) is -2.12. The third-order valence-corrected chi connectivity index (χ3v) is 6.48. The average molecular weight is 467 g/mol. The number of ether oxygens (including phenoxy) is 2. The fourth-order valence-electron chi connectivity index (χ4n) is 4.81. The van der Waals surface area contributed by atoms with Gasteiger partial charge in [0.05, 0.1) is 19.3 Å². The number of aliphatic carboxylic acids is 1. The number of carbonyl (C=O) groups excluding carboxylic acids is 2. The van der Waals surface area contributed by atoms with Crippen LogP contribution in [0.15, 0.2) is 48.5 Å². The Labute approximate surface area is 198 Å². The molecule has 8 heteroatoms. The molecule has 0 spiro atoms. The maximum absolute atomic E-state index is 12.6. The molecule has 0 saturated carbocycles. The number of nitrogens with one attached hydrogen (secondary N) is 2. The Bertz CT molecular complexity index is 1010. The van der Waals surface area contributed by atoms with Gasteiger partial charge in [-0.1, -0.05) is 61.9 Å². The van der Waals surface area contributed by atoms with Crippen molar-refractivity contribution in [3.63, 3.8) is 0 Å². The molecule has 1 heterocycles. The van der Waals surface area contributed by atoms with Crippen LogP contribution in [0.5, 0.6) is 0 Å². The van der Waals surface area contributed by atoms with E-state index in [2.05, 4.69) is 34.9 Å². The summed E-state index contributed by atoms with van der Waals surface area (Å²) in [6.07, 6.45) is 0.842. The van der Waals surface area contributed by atoms with Crippen molar-refractivity contribution in [3.8, 4) is 11.1 Å². The molecule has 3 N–H and O–H groups in total. The predicted molar refractivity (Wildman–Crippen MR) is 125 cm³/mol. The molecule has 3 unspecified atom stereocenters. The van der Waals surface area contributed by atoms with E-state index >= 15 is 0 Å². The van der Waals surface area contributed by atoms with Crippen LogP contribution < -0.4 is 10.6 Å². The molecule has 1 saturated heterocycles. The van der Waals surface area contributed by atoms with Gasteiger partial charge < -0.3 is 25.2 Å². The fourth-order valence-corrected chi connectivity index (χ4v) is 4.81. The number of fused-ring (bicyclic) bond motifs is 3. The van der Waals surface area contributed by atoms with E-state index in [1.807, 2.05) is 31.2 Å². The molecule has 0 radical (unpaired) electrons. The quantitative estimate of drug-likeness (QED) is 0.523. The summed E-state index contributed by atoms with van der Waals surface area (Å²) in [6.45, 7) is 2.41. The van der Waals surface area contributed by atoms with Gasteiger partial charge >= 0.3 is 12.1 Å². The maximum atomic E-state index is 12.6. The summed E-state index contributed by atoms with van der Waals surface area (Å²) >= 11 is 0. The molecule has 2 aromatic carbocycles. The predicted octanol–water partition coefficient (Wildman–Crippen LogP) is 3.30. The zero-order valence-electron chi connectivity index (χ0n) is 19.2. The number of amides is 2. The van der Waals surface area contributed by atoms with Gasteiger partial charge in [0.15, 0.2) is 0 Å². The molecule has 3 atom stereocenters. The van der Waals surface area contributed by atoms with E-state index < -0.39 is 30.1 Å². The largest absolute Gasteiger partial charge is 0.481 e. The Morgan fingerprint density at radius 3 is 2.32 bits per heavy atom. The highest BCUT2D eigenvalue weighted by Gasteiger charge is 2.35. The monoisotopic (exact) mass is 466 g/mol. The summed E-state index contributed by atoms with van der Waals surface area (Å²) in [6, 6.07) is 15.3. The third kappa shape index (κ3) is 5.22. The number of hydrogen-bond donors (Lipinski definition) is 3. The second-order valence-electron chi connectivity index (χ2n) is 8.82. The van der Waals surface area contributed by atoms with Gasteiger partial charge in [0.1, 0.15) is 12.5 Å². The zero-order valence-corrected chi connectivity index (χ0v) is 19.2. The van der Waals surface area contributed by atoms with Crippen LogP contribution >= 0.6 is 0 Å². The van der Waals surface area contributed by atoms with Crippen LogP contribution in [0.25, 0.3) is 11.1 Å². The van der Waals surface area contributed by atoms with Crippen molar-refractivity contribution < 1.29 is 29.0 Å². The van der Waals surface area contributed by atoms with E-state index in [1.165, 1.54) is 0 Å². The lowest BCUT2D eigenvalue weighted by atomic mass is 9.98. The molecular weight excluding hydrogens is 436 g/mol. The maximum Gasteiger partial charge on any atom is 0.407 e. The molecule has 1 aliphatic carbocycles. The minimum Gasteiger partial charge on any atom is -0.481 e. The summed E-state index contributed by atoms with van der Waals surface area (Å²) < 4.78 is 10.8. The number of alkyl carbamates (subject to hydrolysis) is 1. The molecule has 4 rings (SSSR count). The lowest BCUT2D eigenvalue weighted by molar-refractivity contribution is -0.142. The normalized spacial score (nSPS) is 19.7. The Kier molecular flexibility index (Phi) is 7.47. The molecule has 1 aliphatic heterocycles. The lowest BCUT2D eigenvalue weighted by Crippen LogP contribution is -2.46. The number of carbonyl (C=O) groups is 3. The van der Waals surface area contributed by atoms with E-state index in [0.717, 1.165) is 28.7 Å². The fraction of sp³-hybridized carbons (Fsp3) is 0.423. The van der Waals surface area contributed by atoms with Crippen LogP contribution in [-0.4, -0.2) is 55.0 Å². The topological polar surface area (TPSA) is 114 Å². The van der Waals surface area contributed by atoms with E-state index in [-0.39, 0.29) is 38.1 Å². The van der Waals surface area contributed by atoms with Gasteiger partial charge in [0.25, 0.3) is 0 Å². The number of rotatable bonds is 9. The molecule has 2 amide bonds. The summed E-state index contributed by atoms with van der Waals surface area (Å²) in [7, 11) is 0. The highest BCUT2D eigenvalue weighted by atomic mass is 16.5. The Morgan fingerprint density at radius 1 is 1.06 bits per heavy atom. The van der Waals surface area contributed by atoms with Crippen molar-refractivity contribution in [1.82, 2.24) is 10.6 Å². The molecule has 1 fully saturated rings. The van der Waals surface area contributed by atoms with Crippen molar-refractivity contribution in [2.75, 3.05) is 19.8 Å². The molecular formula is C26H30N2O6. The molecule has 0 aromatic heterocycles. The minimum absolute atomic E-state index is 0.0404. The van der Waals surface area contributed by atoms with Crippen LogP contribution in [0.2, 0.25) is 0 Å². The molecule has 2 aromatic rings. The first-order valence-electron chi connectivity index (χ1n) is 11.7. The van der Waals surface area contributed by atoms with Gasteiger partial charge in [-0.05, 0) is 28.7 Å². The second-order valence-corrected chi connectivity index (χ2v) is 8.82. The standard InChI is InChI=1S/C26H30N2O6/c1-2-7-16(12-24(29)28-23-15-33-13-22(23)25(30)31)27-26(32)34-14-21-19-10-5-3-8-17(19)18-9-4-6-11-20(18)21/h3-6,8-11,16,21-23H,2,7,12-15H2,1H3,(H,27,32)(H,28,29)(H,30,31). The lowest BCUT2D eigenvalue weighted by Gasteiger charge is -2.21. The SMILES string of the molecule is CCCC(CC(=O)NC1COCC1C(=O)O)NC(=O)OCC1c2ccccc2-c2ccccc21. The van der Waals surface area contributed by atoms with Gasteiger partial charge in [-0.25, -0.2) is 4.79 Å². The highest BCUT2D eigenvalue weighted by Crippen LogP contribution is 2.44. The second kappa shape index (κ2) is 10.7. The van der Waals surface area contributed by atoms with Gasteiger partial charge in [0, 0.05) is 18.4 Å². The van der Waals surface area contributed by atoms with E-state index in [4.69, 9.17) is 9.47 Å². The number of carboxylic acid groups (broad SMARTS) is 1. The summed E-state index contributed by atoms with van der Waals surface area (Å²) in [4.78, 5) is 36.4. The van der Waals surface area contributed by atoms with E-state index in [0.29, 0.717) is 6.42 Å². The van der Waals surface area contributed by atoms with E-state index in [1.54, 1.807) is 0 Å². The number of benzene rings is 2. The Balaban J connectivity index is 1.33. The molecule has 0 bridgehead atoms. The van der Waals surface area contributed by atoms with Crippen LogP contribution in [0.4, 0.5) is 4.79 Å². The Morgan fingerprint density at radius 2 is 1.71 bits per heavy atom. The first kappa shape index (κ1) is 23.8. The van der Waals surface area contributed by atoms with Gasteiger partial charge in [-0.15, -0.1) is 0 Å². The van der Waals surface area contributed by atoms with Crippen LogP contribution in [0.1, 0.15) is 43.2 Å². The molecule has 34 heavy (non-hydrogen) atoms. The van der Waals surface area contributed by atoms with Crippen molar-refractivity contribution in [2.24, 2.45) is 5.92 Å². The van der Waals surface area contributed by atoms with Gasteiger partial charge in [0.2, 0.25) is 5.91 Å². The first-order chi connectivity index (χ1) is 16.5. The highest BCUT2D eigenvalue weighted by molar-refractivity contribution is 5.80. The third-order valence-electron chi connectivity index (χ3n) is 6.48. The summed E-state index contributed by atoms with van der Waals surface area (Å²) in [5.41, 5.74) is 4.58. The van der Waals surface area contributed by atoms with Crippen LogP contribution in [-0.2, 0) is 19.1 Å². The van der Waals surface area contributed by atoms with Crippen LogP contribution in [0, 0.1) is 5.92 Å². The molecule has 8 nitrogen and oxygen atoms in total. The number of carboxylic acids is 1. The molecule has 180 valence electrons. The van der Waals surface area contributed by atoms with Crippen molar-refractivity contribution in [3.05, 3.63) is 59.7 Å². The first-order valence-corrected chi connectivity index (χ1v) is 11.7. The smallest absolute Gasteiger partial charge is 0.407 e. The van der Waals surface area contributed by atoms with E-state index in [9.17, 15) is 19.5 Å². The molecule has 2 aliphatic rings. The summed E-state index contributed by atoms with van der Waals surface area (Å²) in [5, 5.41) is 14.8.